The average molecular weight is 339 g/mol. The van der Waals surface area contributed by atoms with E-state index in [-0.39, 0.29) is 12.4 Å². The minimum atomic E-state index is -0.394. The van der Waals surface area contributed by atoms with Crippen LogP contribution in [-0.4, -0.2) is 13.1 Å². The van der Waals surface area contributed by atoms with Gasteiger partial charge in [-0.1, -0.05) is 12.1 Å². The Balaban J connectivity index is 2.09. The van der Waals surface area contributed by atoms with Gasteiger partial charge in [0.1, 0.15) is 18.2 Å². The molecular formula is C15H12BrFO3. The van der Waals surface area contributed by atoms with Gasteiger partial charge in [-0.2, -0.15) is 0 Å². The molecule has 0 atom stereocenters. The van der Waals surface area contributed by atoms with Gasteiger partial charge in [0, 0.05) is 0 Å². The summed E-state index contributed by atoms with van der Waals surface area (Å²) in [4.78, 5) is 11.4. The first-order valence-electron chi connectivity index (χ1n) is 5.85. The first kappa shape index (κ1) is 14.5. The zero-order valence-corrected chi connectivity index (χ0v) is 12.3. The van der Waals surface area contributed by atoms with E-state index in [1.54, 1.807) is 24.3 Å². The molecule has 5 heteroatoms. The fourth-order valence-electron chi connectivity index (χ4n) is 1.66. The largest absolute Gasteiger partial charge is 0.488 e. The van der Waals surface area contributed by atoms with E-state index in [4.69, 9.17) is 4.74 Å². The Bertz CT molecular complexity index is 628. The number of esters is 1. The Hall–Kier alpha value is -1.88. The second-order valence-corrected chi connectivity index (χ2v) is 4.91. The van der Waals surface area contributed by atoms with Crippen LogP contribution < -0.4 is 4.74 Å². The molecule has 0 saturated carbocycles. The zero-order chi connectivity index (χ0) is 14.5. The molecule has 0 amide bonds. The van der Waals surface area contributed by atoms with Gasteiger partial charge in [0.05, 0.1) is 17.1 Å². The quantitative estimate of drug-likeness (QED) is 0.791. The predicted molar refractivity (Wildman–Crippen MR) is 76.2 cm³/mol. The molecule has 0 fully saturated rings. The van der Waals surface area contributed by atoms with Crippen molar-refractivity contribution < 1.29 is 18.7 Å². The molecule has 20 heavy (non-hydrogen) atoms. The third-order valence-electron chi connectivity index (χ3n) is 2.64. The molecule has 2 rings (SSSR count). The molecule has 0 N–H and O–H groups in total. The SMILES string of the molecule is COC(=O)c1cccc(COc2ccc(F)cc2Br)c1. The van der Waals surface area contributed by atoms with Crippen LogP contribution in [0.15, 0.2) is 46.9 Å². The number of carbonyl (C=O) groups is 1. The summed E-state index contributed by atoms with van der Waals surface area (Å²) in [5, 5.41) is 0. The lowest BCUT2D eigenvalue weighted by atomic mass is 10.1. The van der Waals surface area contributed by atoms with Gasteiger partial charge in [0.2, 0.25) is 0 Å². The summed E-state index contributed by atoms with van der Waals surface area (Å²) < 4.78 is 23.7. The van der Waals surface area contributed by atoms with Gasteiger partial charge < -0.3 is 9.47 Å². The monoisotopic (exact) mass is 338 g/mol. The summed E-state index contributed by atoms with van der Waals surface area (Å²) in [6.45, 7) is 0.273. The minimum Gasteiger partial charge on any atom is -0.488 e. The third kappa shape index (κ3) is 3.57. The summed E-state index contributed by atoms with van der Waals surface area (Å²) >= 11 is 3.23. The zero-order valence-electron chi connectivity index (χ0n) is 10.7. The lowest BCUT2D eigenvalue weighted by Crippen LogP contribution is -2.03. The van der Waals surface area contributed by atoms with Crippen molar-refractivity contribution in [3.05, 3.63) is 63.9 Å². The van der Waals surface area contributed by atoms with Crippen molar-refractivity contribution in [1.29, 1.82) is 0 Å². The lowest BCUT2D eigenvalue weighted by molar-refractivity contribution is 0.0600. The van der Waals surface area contributed by atoms with Crippen LogP contribution in [0.25, 0.3) is 0 Å². The van der Waals surface area contributed by atoms with Crippen molar-refractivity contribution in [3.8, 4) is 5.75 Å². The summed E-state index contributed by atoms with van der Waals surface area (Å²) in [6.07, 6.45) is 0. The van der Waals surface area contributed by atoms with Gasteiger partial charge in [0.15, 0.2) is 0 Å². The number of hydrogen-bond donors (Lipinski definition) is 0. The number of hydrogen-bond acceptors (Lipinski definition) is 3. The standard InChI is InChI=1S/C15H12BrFO3/c1-19-15(18)11-4-2-3-10(7-11)9-20-14-6-5-12(17)8-13(14)16/h2-8H,9H2,1H3. The highest BCUT2D eigenvalue weighted by Crippen LogP contribution is 2.26. The first-order chi connectivity index (χ1) is 9.60. The minimum absolute atomic E-state index is 0.273. The number of rotatable bonds is 4. The number of ether oxygens (including phenoxy) is 2. The number of carbonyl (C=O) groups excluding carboxylic acids is 1. The van der Waals surface area contributed by atoms with Crippen LogP contribution in [0.3, 0.4) is 0 Å². The van der Waals surface area contributed by atoms with Crippen molar-refractivity contribution in [2.24, 2.45) is 0 Å². The van der Waals surface area contributed by atoms with Crippen molar-refractivity contribution in [3.63, 3.8) is 0 Å². The van der Waals surface area contributed by atoms with Gasteiger partial charge in [-0.3, -0.25) is 0 Å². The summed E-state index contributed by atoms with van der Waals surface area (Å²) in [5.41, 5.74) is 1.29. The van der Waals surface area contributed by atoms with Crippen LogP contribution in [0.4, 0.5) is 4.39 Å². The predicted octanol–water partition coefficient (Wildman–Crippen LogP) is 3.95. The fraction of sp³-hybridized carbons (Fsp3) is 0.133. The van der Waals surface area contributed by atoms with Gasteiger partial charge in [-0.05, 0) is 51.8 Å². The molecule has 104 valence electrons. The molecule has 0 heterocycles. The Morgan fingerprint density at radius 3 is 2.75 bits per heavy atom. The van der Waals surface area contributed by atoms with Gasteiger partial charge in [-0.25, -0.2) is 9.18 Å². The van der Waals surface area contributed by atoms with E-state index in [1.807, 2.05) is 6.07 Å². The Morgan fingerprint density at radius 2 is 2.05 bits per heavy atom. The summed E-state index contributed by atoms with van der Waals surface area (Å²) in [5.74, 6) is -0.193. The van der Waals surface area contributed by atoms with E-state index in [0.29, 0.717) is 15.8 Å². The van der Waals surface area contributed by atoms with E-state index in [9.17, 15) is 9.18 Å². The maximum Gasteiger partial charge on any atom is 0.337 e. The number of methoxy groups -OCH3 is 1. The molecule has 0 aromatic heterocycles. The van der Waals surface area contributed by atoms with Crippen LogP contribution >= 0.6 is 15.9 Å². The van der Waals surface area contributed by atoms with Crippen LogP contribution in [-0.2, 0) is 11.3 Å². The van der Waals surface area contributed by atoms with Crippen molar-refractivity contribution in [1.82, 2.24) is 0 Å². The number of halogens is 2. The molecule has 0 aliphatic rings. The summed E-state index contributed by atoms with van der Waals surface area (Å²) in [6, 6.07) is 11.2. The fourth-order valence-corrected chi connectivity index (χ4v) is 2.12. The highest BCUT2D eigenvalue weighted by atomic mass is 79.9. The van der Waals surface area contributed by atoms with Crippen LogP contribution in [0.1, 0.15) is 15.9 Å². The van der Waals surface area contributed by atoms with E-state index >= 15 is 0 Å². The van der Waals surface area contributed by atoms with Gasteiger partial charge >= 0.3 is 5.97 Å². The molecule has 0 bridgehead atoms. The normalized spacial score (nSPS) is 10.2. The van der Waals surface area contributed by atoms with E-state index in [2.05, 4.69) is 20.7 Å². The molecule has 0 unspecified atom stereocenters. The first-order valence-corrected chi connectivity index (χ1v) is 6.64. The average Bonchev–Trinajstić information content (AvgIpc) is 2.46. The Kier molecular flexibility index (Phi) is 4.74. The van der Waals surface area contributed by atoms with Crippen molar-refractivity contribution in [2.45, 2.75) is 6.61 Å². The second-order valence-electron chi connectivity index (χ2n) is 4.06. The van der Waals surface area contributed by atoms with E-state index in [1.165, 1.54) is 19.2 Å². The van der Waals surface area contributed by atoms with Crippen molar-refractivity contribution in [2.75, 3.05) is 7.11 Å². The maximum absolute atomic E-state index is 13.0. The Morgan fingerprint density at radius 1 is 1.25 bits per heavy atom. The number of benzene rings is 2. The molecule has 0 saturated heterocycles. The summed E-state index contributed by atoms with van der Waals surface area (Å²) in [7, 11) is 1.33. The molecule has 3 nitrogen and oxygen atoms in total. The topological polar surface area (TPSA) is 35.5 Å². The van der Waals surface area contributed by atoms with Gasteiger partial charge in [-0.15, -0.1) is 0 Å². The molecular weight excluding hydrogens is 327 g/mol. The van der Waals surface area contributed by atoms with Crippen LogP contribution in [0, 0.1) is 5.82 Å². The van der Waals surface area contributed by atoms with E-state index < -0.39 is 5.97 Å². The van der Waals surface area contributed by atoms with Gasteiger partial charge in [0.25, 0.3) is 0 Å². The molecule has 0 aliphatic heterocycles. The highest BCUT2D eigenvalue weighted by molar-refractivity contribution is 9.10. The third-order valence-corrected chi connectivity index (χ3v) is 3.26. The van der Waals surface area contributed by atoms with Crippen LogP contribution in [0.2, 0.25) is 0 Å². The smallest absolute Gasteiger partial charge is 0.337 e. The molecule has 2 aromatic rings. The Labute approximate surface area is 124 Å². The lowest BCUT2D eigenvalue weighted by Gasteiger charge is -2.09. The molecule has 0 radical (unpaired) electrons. The maximum atomic E-state index is 13.0. The van der Waals surface area contributed by atoms with Crippen LogP contribution in [0.5, 0.6) is 5.75 Å². The molecule has 2 aromatic carbocycles. The highest BCUT2D eigenvalue weighted by Gasteiger charge is 2.07. The molecule has 0 spiro atoms. The second kappa shape index (κ2) is 6.52. The molecule has 0 aliphatic carbocycles. The van der Waals surface area contributed by atoms with Crippen molar-refractivity contribution >= 4 is 21.9 Å². The van der Waals surface area contributed by atoms with E-state index in [0.717, 1.165) is 5.56 Å².